The van der Waals surface area contributed by atoms with E-state index in [0.717, 1.165) is 13.0 Å². The largest absolute Gasteiger partial charge is 0.314 e. The Morgan fingerprint density at radius 1 is 1.10 bits per heavy atom. The van der Waals surface area contributed by atoms with Crippen LogP contribution >= 0.6 is 0 Å². The SMILES string of the molecule is CCCNC(C)C(c1ccc(S(C)(=O)=O)cc1)C(C)C. The molecule has 114 valence electrons. The quantitative estimate of drug-likeness (QED) is 0.840. The van der Waals surface area contributed by atoms with Crippen LogP contribution in [0.4, 0.5) is 0 Å². The molecule has 2 atom stereocenters. The lowest BCUT2D eigenvalue weighted by Crippen LogP contribution is -2.35. The van der Waals surface area contributed by atoms with Crippen molar-refractivity contribution in [2.24, 2.45) is 5.92 Å². The minimum Gasteiger partial charge on any atom is -0.314 e. The first-order valence-corrected chi connectivity index (χ1v) is 9.20. The molecule has 4 heteroatoms. The Balaban J connectivity index is 2.98. The maximum Gasteiger partial charge on any atom is 0.175 e. The lowest BCUT2D eigenvalue weighted by Gasteiger charge is -2.29. The first kappa shape index (κ1) is 17.2. The van der Waals surface area contributed by atoms with Gasteiger partial charge >= 0.3 is 0 Å². The van der Waals surface area contributed by atoms with Crippen molar-refractivity contribution < 1.29 is 8.42 Å². The minimum absolute atomic E-state index is 0.374. The standard InChI is InChI=1S/C16H27NO2S/c1-6-11-17-13(4)16(12(2)3)14-7-9-15(10-8-14)20(5,18)19/h7-10,12-13,16-17H,6,11H2,1-5H3. The number of hydrogen-bond acceptors (Lipinski definition) is 3. The summed E-state index contributed by atoms with van der Waals surface area (Å²) in [6.45, 7) is 9.78. The molecular formula is C16H27NO2S. The van der Waals surface area contributed by atoms with Crippen molar-refractivity contribution >= 4 is 9.84 Å². The normalized spacial score (nSPS) is 15.3. The zero-order valence-corrected chi connectivity index (χ0v) is 14.0. The van der Waals surface area contributed by atoms with E-state index in [2.05, 4.69) is 33.0 Å². The van der Waals surface area contributed by atoms with Gasteiger partial charge in [0.05, 0.1) is 4.90 Å². The Morgan fingerprint density at radius 2 is 1.65 bits per heavy atom. The molecule has 1 N–H and O–H groups in total. The van der Waals surface area contributed by atoms with E-state index in [1.54, 1.807) is 12.1 Å². The molecule has 1 aromatic carbocycles. The average molecular weight is 297 g/mol. The second-order valence-electron chi connectivity index (χ2n) is 5.85. The van der Waals surface area contributed by atoms with Crippen LogP contribution in [0, 0.1) is 5.92 Å². The molecule has 0 amide bonds. The van der Waals surface area contributed by atoms with Crippen LogP contribution in [0.25, 0.3) is 0 Å². The summed E-state index contributed by atoms with van der Waals surface area (Å²) in [4.78, 5) is 0.387. The fraction of sp³-hybridized carbons (Fsp3) is 0.625. The third kappa shape index (κ3) is 4.60. The van der Waals surface area contributed by atoms with Gasteiger partial charge in [0.25, 0.3) is 0 Å². The van der Waals surface area contributed by atoms with Gasteiger partial charge in [-0.2, -0.15) is 0 Å². The monoisotopic (exact) mass is 297 g/mol. The number of nitrogens with one attached hydrogen (secondary N) is 1. The molecule has 0 bridgehead atoms. The summed E-state index contributed by atoms with van der Waals surface area (Å²) in [5.74, 6) is 0.883. The number of sulfone groups is 1. The van der Waals surface area contributed by atoms with Crippen LogP contribution in [0.1, 0.15) is 45.6 Å². The average Bonchev–Trinajstić information content (AvgIpc) is 2.35. The lowest BCUT2D eigenvalue weighted by atomic mass is 9.83. The molecule has 3 nitrogen and oxygen atoms in total. The Kier molecular flexibility index (Phi) is 6.21. The van der Waals surface area contributed by atoms with Gasteiger partial charge in [0.15, 0.2) is 9.84 Å². The van der Waals surface area contributed by atoms with Gasteiger partial charge < -0.3 is 5.32 Å². The fourth-order valence-electron chi connectivity index (χ4n) is 2.69. The van der Waals surface area contributed by atoms with Crippen molar-refractivity contribution in [3.05, 3.63) is 29.8 Å². The Labute approximate surface area is 123 Å². The predicted molar refractivity (Wildman–Crippen MR) is 84.9 cm³/mol. The fourth-order valence-corrected chi connectivity index (χ4v) is 3.32. The molecule has 2 unspecified atom stereocenters. The molecule has 1 rings (SSSR count). The van der Waals surface area contributed by atoms with Crippen LogP contribution in [-0.2, 0) is 9.84 Å². The van der Waals surface area contributed by atoms with Crippen molar-refractivity contribution in [1.29, 1.82) is 0 Å². The minimum atomic E-state index is -3.12. The van der Waals surface area contributed by atoms with Crippen molar-refractivity contribution in [2.45, 2.75) is 51.0 Å². The van der Waals surface area contributed by atoms with Gasteiger partial charge in [-0.1, -0.05) is 32.9 Å². The highest BCUT2D eigenvalue weighted by atomic mass is 32.2. The predicted octanol–water partition coefficient (Wildman–Crippen LogP) is 3.22. The molecular weight excluding hydrogens is 270 g/mol. The maximum atomic E-state index is 11.5. The second-order valence-corrected chi connectivity index (χ2v) is 7.87. The number of rotatable bonds is 7. The van der Waals surface area contributed by atoms with Crippen LogP contribution in [0.2, 0.25) is 0 Å². The van der Waals surface area contributed by atoms with Gasteiger partial charge in [0.1, 0.15) is 0 Å². The Bertz CT molecular complexity index is 506. The van der Waals surface area contributed by atoms with E-state index in [1.165, 1.54) is 11.8 Å². The van der Waals surface area contributed by atoms with Crippen molar-refractivity contribution in [2.75, 3.05) is 12.8 Å². The summed E-state index contributed by atoms with van der Waals surface area (Å²) in [5, 5.41) is 3.54. The highest BCUT2D eigenvalue weighted by Crippen LogP contribution is 2.28. The molecule has 0 aliphatic carbocycles. The van der Waals surface area contributed by atoms with E-state index in [-0.39, 0.29) is 0 Å². The molecule has 1 aromatic rings. The van der Waals surface area contributed by atoms with Crippen LogP contribution in [-0.4, -0.2) is 27.3 Å². The molecule has 0 aliphatic heterocycles. The van der Waals surface area contributed by atoms with E-state index in [1.807, 2.05) is 12.1 Å². The Hall–Kier alpha value is -0.870. The first-order valence-electron chi connectivity index (χ1n) is 7.30. The van der Waals surface area contributed by atoms with E-state index < -0.39 is 9.84 Å². The molecule has 0 spiro atoms. The summed E-state index contributed by atoms with van der Waals surface area (Å²) in [5.41, 5.74) is 1.20. The molecule has 0 saturated carbocycles. The Morgan fingerprint density at radius 3 is 2.05 bits per heavy atom. The smallest absolute Gasteiger partial charge is 0.175 e. The van der Waals surface area contributed by atoms with E-state index in [9.17, 15) is 8.42 Å². The molecule has 0 saturated heterocycles. The summed E-state index contributed by atoms with van der Waals surface area (Å²) in [7, 11) is -3.12. The van der Waals surface area contributed by atoms with Crippen LogP contribution < -0.4 is 5.32 Å². The van der Waals surface area contributed by atoms with Gasteiger partial charge in [0.2, 0.25) is 0 Å². The summed E-state index contributed by atoms with van der Waals surface area (Å²) in [6.07, 6.45) is 2.36. The zero-order valence-electron chi connectivity index (χ0n) is 13.2. The van der Waals surface area contributed by atoms with Crippen LogP contribution in [0.5, 0.6) is 0 Å². The first-order chi connectivity index (χ1) is 9.27. The van der Waals surface area contributed by atoms with Crippen molar-refractivity contribution in [1.82, 2.24) is 5.32 Å². The maximum absolute atomic E-state index is 11.5. The highest BCUT2D eigenvalue weighted by molar-refractivity contribution is 7.90. The number of hydrogen-bond donors (Lipinski definition) is 1. The zero-order chi connectivity index (χ0) is 15.3. The van der Waals surface area contributed by atoms with Crippen molar-refractivity contribution in [3.8, 4) is 0 Å². The lowest BCUT2D eigenvalue weighted by molar-refractivity contribution is 0.377. The number of benzene rings is 1. The highest BCUT2D eigenvalue weighted by Gasteiger charge is 2.22. The second kappa shape index (κ2) is 7.23. The third-order valence-electron chi connectivity index (χ3n) is 3.67. The molecule has 0 heterocycles. The van der Waals surface area contributed by atoms with Gasteiger partial charge in [-0.05, 0) is 43.5 Å². The van der Waals surface area contributed by atoms with Crippen LogP contribution in [0.3, 0.4) is 0 Å². The molecule has 0 aromatic heterocycles. The van der Waals surface area contributed by atoms with Gasteiger partial charge in [0, 0.05) is 18.2 Å². The summed E-state index contributed by atoms with van der Waals surface area (Å²) >= 11 is 0. The van der Waals surface area contributed by atoms with Crippen LogP contribution in [0.15, 0.2) is 29.2 Å². The molecule has 0 fully saturated rings. The van der Waals surface area contributed by atoms with E-state index >= 15 is 0 Å². The third-order valence-corrected chi connectivity index (χ3v) is 4.79. The molecule has 20 heavy (non-hydrogen) atoms. The van der Waals surface area contributed by atoms with E-state index in [4.69, 9.17) is 0 Å². The van der Waals surface area contributed by atoms with Gasteiger partial charge in [-0.15, -0.1) is 0 Å². The molecule has 0 aliphatic rings. The summed E-state index contributed by atoms with van der Waals surface area (Å²) in [6, 6.07) is 7.70. The van der Waals surface area contributed by atoms with E-state index in [0.29, 0.717) is 22.8 Å². The summed E-state index contributed by atoms with van der Waals surface area (Å²) < 4.78 is 23.0. The van der Waals surface area contributed by atoms with Gasteiger partial charge in [-0.25, -0.2) is 8.42 Å². The molecule has 0 radical (unpaired) electrons. The van der Waals surface area contributed by atoms with Gasteiger partial charge in [-0.3, -0.25) is 0 Å². The van der Waals surface area contributed by atoms with Crippen molar-refractivity contribution in [3.63, 3.8) is 0 Å². The topological polar surface area (TPSA) is 46.2 Å².